The molecule has 1 amide bonds. The summed E-state index contributed by atoms with van der Waals surface area (Å²) in [5.74, 6) is -0.0239. The predicted octanol–water partition coefficient (Wildman–Crippen LogP) is 2.58. The molecule has 2 N–H and O–H groups in total. The van der Waals surface area contributed by atoms with Crippen LogP contribution in [0.25, 0.3) is 0 Å². The second kappa shape index (κ2) is 9.48. The highest BCUT2D eigenvalue weighted by atomic mass is 35.5. The molecule has 23 heavy (non-hydrogen) atoms. The van der Waals surface area contributed by atoms with Gasteiger partial charge in [-0.2, -0.15) is 0 Å². The Balaban J connectivity index is 1.68. The van der Waals surface area contributed by atoms with Crippen molar-refractivity contribution in [2.45, 2.75) is 19.8 Å². The van der Waals surface area contributed by atoms with E-state index in [0.29, 0.717) is 16.5 Å². The zero-order chi connectivity index (χ0) is 16.7. The molecule has 1 heterocycles. The number of halogens is 2. The SMILES string of the molecule is CC(Cc1ccc(Cl)cc1Cl)C(=O)NCCCN1CCNCC1. The van der Waals surface area contributed by atoms with E-state index in [4.69, 9.17) is 23.2 Å². The Labute approximate surface area is 148 Å². The molecule has 2 rings (SSSR count). The molecule has 1 fully saturated rings. The minimum absolute atomic E-state index is 0.0799. The van der Waals surface area contributed by atoms with Crippen molar-refractivity contribution in [1.29, 1.82) is 0 Å². The van der Waals surface area contributed by atoms with Gasteiger partial charge in [-0.25, -0.2) is 0 Å². The highest BCUT2D eigenvalue weighted by molar-refractivity contribution is 6.35. The summed E-state index contributed by atoms with van der Waals surface area (Å²) >= 11 is 12.1. The third kappa shape index (κ3) is 6.30. The van der Waals surface area contributed by atoms with Gasteiger partial charge in [0.15, 0.2) is 0 Å². The average Bonchev–Trinajstić information content (AvgIpc) is 2.55. The summed E-state index contributed by atoms with van der Waals surface area (Å²) in [6.45, 7) is 8.01. The van der Waals surface area contributed by atoms with Crippen molar-refractivity contribution in [3.63, 3.8) is 0 Å². The van der Waals surface area contributed by atoms with Crippen molar-refractivity contribution in [1.82, 2.24) is 15.5 Å². The van der Waals surface area contributed by atoms with Crippen LogP contribution in [0, 0.1) is 5.92 Å². The predicted molar refractivity (Wildman–Crippen MR) is 96.3 cm³/mol. The van der Waals surface area contributed by atoms with Gasteiger partial charge >= 0.3 is 0 Å². The van der Waals surface area contributed by atoms with Crippen LogP contribution in [0.3, 0.4) is 0 Å². The van der Waals surface area contributed by atoms with Gasteiger partial charge in [0, 0.05) is 48.7 Å². The van der Waals surface area contributed by atoms with Crippen LogP contribution in [0.1, 0.15) is 18.9 Å². The molecule has 128 valence electrons. The van der Waals surface area contributed by atoms with Gasteiger partial charge in [0.25, 0.3) is 0 Å². The lowest BCUT2D eigenvalue weighted by molar-refractivity contribution is -0.124. The van der Waals surface area contributed by atoms with E-state index in [1.165, 1.54) is 0 Å². The van der Waals surface area contributed by atoms with E-state index in [1.54, 1.807) is 12.1 Å². The first-order valence-electron chi connectivity index (χ1n) is 8.21. The summed E-state index contributed by atoms with van der Waals surface area (Å²) in [6.07, 6.45) is 1.61. The number of carbonyl (C=O) groups excluding carboxylic acids is 1. The topological polar surface area (TPSA) is 44.4 Å². The molecule has 0 saturated carbocycles. The van der Waals surface area contributed by atoms with Crippen LogP contribution in [-0.2, 0) is 11.2 Å². The van der Waals surface area contributed by atoms with Crippen molar-refractivity contribution in [3.05, 3.63) is 33.8 Å². The molecule has 1 atom stereocenters. The van der Waals surface area contributed by atoms with Gasteiger partial charge in [-0.05, 0) is 37.1 Å². The molecule has 0 aliphatic carbocycles. The van der Waals surface area contributed by atoms with Gasteiger partial charge in [0.1, 0.15) is 0 Å². The number of benzene rings is 1. The molecule has 1 aromatic rings. The quantitative estimate of drug-likeness (QED) is 0.737. The monoisotopic (exact) mass is 357 g/mol. The highest BCUT2D eigenvalue weighted by Crippen LogP contribution is 2.23. The lowest BCUT2D eigenvalue weighted by Gasteiger charge is -2.27. The van der Waals surface area contributed by atoms with Crippen LogP contribution >= 0.6 is 23.2 Å². The van der Waals surface area contributed by atoms with E-state index < -0.39 is 0 Å². The van der Waals surface area contributed by atoms with Crippen LogP contribution in [0.2, 0.25) is 10.0 Å². The molecule has 4 nitrogen and oxygen atoms in total. The van der Waals surface area contributed by atoms with E-state index in [-0.39, 0.29) is 11.8 Å². The molecular weight excluding hydrogens is 333 g/mol. The molecule has 0 radical (unpaired) electrons. The standard InChI is InChI=1S/C17H25Cl2N3O/c1-13(11-14-3-4-15(18)12-16(14)19)17(23)21-5-2-8-22-9-6-20-7-10-22/h3-4,12-13,20H,2,5-11H2,1H3,(H,21,23). The average molecular weight is 358 g/mol. The summed E-state index contributed by atoms with van der Waals surface area (Å²) in [5, 5.41) is 7.60. The normalized spacial score (nSPS) is 17.0. The van der Waals surface area contributed by atoms with E-state index >= 15 is 0 Å². The number of hydrogen-bond donors (Lipinski definition) is 2. The van der Waals surface area contributed by atoms with Crippen LogP contribution in [0.5, 0.6) is 0 Å². The Morgan fingerprint density at radius 1 is 1.35 bits per heavy atom. The Kier molecular flexibility index (Phi) is 7.63. The molecule has 0 aromatic heterocycles. The van der Waals surface area contributed by atoms with Crippen molar-refractivity contribution >= 4 is 29.1 Å². The summed E-state index contributed by atoms with van der Waals surface area (Å²) in [6, 6.07) is 5.41. The first-order valence-corrected chi connectivity index (χ1v) is 8.96. The molecule has 6 heteroatoms. The highest BCUT2D eigenvalue weighted by Gasteiger charge is 2.15. The van der Waals surface area contributed by atoms with E-state index in [1.807, 2.05) is 13.0 Å². The molecule has 1 unspecified atom stereocenters. The molecule has 1 saturated heterocycles. The first-order chi connectivity index (χ1) is 11.1. The molecule has 1 aliphatic rings. The first kappa shape index (κ1) is 18.5. The third-order valence-corrected chi connectivity index (χ3v) is 4.74. The number of rotatable bonds is 7. The number of carbonyl (C=O) groups is 1. The fourth-order valence-electron chi connectivity index (χ4n) is 2.73. The molecule has 1 aliphatic heterocycles. The second-order valence-electron chi connectivity index (χ2n) is 6.08. The largest absolute Gasteiger partial charge is 0.356 e. The fourth-order valence-corrected chi connectivity index (χ4v) is 3.22. The minimum Gasteiger partial charge on any atom is -0.356 e. The lowest BCUT2D eigenvalue weighted by atomic mass is 10.0. The van der Waals surface area contributed by atoms with Crippen molar-refractivity contribution < 1.29 is 4.79 Å². The van der Waals surface area contributed by atoms with E-state index in [0.717, 1.165) is 51.3 Å². The number of hydrogen-bond acceptors (Lipinski definition) is 3. The van der Waals surface area contributed by atoms with Crippen LogP contribution in [-0.4, -0.2) is 50.1 Å². The summed E-state index contributed by atoms with van der Waals surface area (Å²) < 4.78 is 0. The smallest absolute Gasteiger partial charge is 0.223 e. The minimum atomic E-state index is -0.104. The number of piperazine rings is 1. The molecular formula is C17H25Cl2N3O. The fraction of sp³-hybridized carbons (Fsp3) is 0.588. The summed E-state index contributed by atoms with van der Waals surface area (Å²) in [7, 11) is 0. The summed E-state index contributed by atoms with van der Waals surface area (Å²) in [5.41, 5.74) is 0.958. The maximum Gasteiger partial charge on any atom is 0.223 e. The number of amides is 1. The maximum absolute atomic E-state index is 12.2. The summed E-state index contributed by atoms with van der Waals surface area (Å²) in [4.78, 5) is 14.6. The van der Waals surface area contributed by atoms with Gasteiger partial charge < -0.3 is 15.5 Å². The molecule has 1 aromatic carbocycles. The van der Waals surface area contributed by atoms with Crippen molar-refractivity contribution in [2.75, 3.05) is 39.3 Å². The van der Waals surface area contributed by atoms with Gasteiger partial charge in [0.05, 0.1) is 0 Å². The van der Waals surface area contributed by atoms with Crippen molar-refractivity contribution in [2.24, 2.45) is 5.92 Å². The number of nitrogens with zero attached hydrogens (tertiary/aromatic N) is 1. The zero-order valence-electron chi connectivity index (χ0n) is 13.6. The second-order valence-corrected chi connectivity index (χ2v) is 6.92. The van der Waals surface area contributed by atoms with E-state index in [9.17, 15) is 4.79 Å². The van der Waals surface area contributed by atoms with Crippen LogP contribution in [0.15, 0.2) is 18.2 Å². The number of nitrogens with one attached hydrogen (secondary N) is 2. The Morgan fingerprint density at radius 2 is 2.09 bits per heavy atom. The third-order valence-electron chi connectivity index (χ3n) is 4.15. The zero-order valence-corrected chi connectivity index (χ0v) is 15.1. The van der Waals surface area contributed by atoms with Gasteiger partial charge in [0.2, 0.25) is 5.91 Å². The maximum atomic E-state index is 12.2. The van der Waals surface area contributed by atoms with Gasteiger partial charge in [-0.3, -0.25) is 4.79 Å². The Morgan fingerprint density at radius 3 is 2.78 bits per heavy atom. The molecule has 0 spiro atoms. The van der Waals surface area contributed by atoms with Crippen molar-refractivity contribution in [3.8, 4) is 0 Å². The Bertz CT molecular complexity index is 519. The molecule has 0 bridgehead atoms. The van der Waals surface area contributed by atoms with Gasteiger partial charge in [-0.15, -0.1) is 0 Å². The van der Waals surface area contributed by atoms with E-state index in [2.05, 4.69) is 15.5 Å². The lowest BCUT2D eigenvalue weighted by Crippen LogP contribution is -2.44. The van der Waals surface area contributed by atoms with Crippen LogP contribution < -0.4 is 10.6 Å². The van der Waals surface area contributed by atoms with Crippen LogP contribution in [0.4, 0.5) is 0 Å². The Hall–Kier alpha value is -0.810. The van der Waals surface area contributed by atoms with Gasteiger partial charge in [-0.1, -0.05) is 36.2 Å².